The summed E-state index contributed by atoms with van der Waals surface area (Å²) < 4.78 is 5.38. The third-order valence-electron chi connectivity index (χ3n) is 6.37. The molecule has 2 aromatic rings. The van der Waals surface area contributed by atoms with Gasteiger partial charge >= 0.3 is 6.03 Å². The fourth-order valence-electron chi connectivity index (χ4n) is 4.88. The molecule has 2 bridgehead atoms. The van der Waals surface area contributed by atoms with Gasteiger partial charge < -0.3 is 15.4 Å². The zero-order chi connectivity index (χ0) is 21.5. The molecule has 0 spiro atoms. The summed E-state index contributed by atoms with van der Waals surface area (Å²) in [6, 6.07) is 19.9. The molecule has 2 N–H and O–H groups in total. The monoisotopic (exact) mass is 417 g/mol. The Morgan fingerprint density at radius 3 is 2.42 bits per heavy atom. The van der Waals surface area contributed by atoms with Crippen molar-refractivity contribution in [3.63, 3.8) is 0 Å². The van der Waals surface area contributed by atoms with E-state index in [-0.39, 0.29) is 18.7 Å². The number of fused-ring (bicyclic) bond motifs is 2. The predicted molar refractivity (Wildman–Crippen MR) is 123 cm³/mol. The van der Waals surface area contributed by atoms with Crippen LogP contribution in [0, 0.1) is 12.3 Å². The third-order valence-corrected chi connectivity index (χ3v) is 6.37. The number of piperidine rings is 1. The minimum absolute atomic E-state index is 0.0603. The molecule has 2 amide bonds. The number of urea groups is 1. The van der Waals surface area contributed by atoms with E-state index in [2.05, 4.69) is 51.8 Å². The molecule has 0 aromatic heterocycles. The van der Waals surface area contributed by atoms with Gasteiger partial charge in [-0.25, -0.2) is 4.79 Å². The molecule has 0 radical (unpaired) electrons. The predicted octanol–water partition coefficient (Wildman–Crippen LogP) is 3.74. The normalized spacial score (nSPS) is 22.5. The smallest absolute Gasteiger partial charge is 0.315 e. The Morgan fingerprint density at radius 1 is 1.03 bits per heavy atom. The third kappa shape index (κ3) is 5.80. The molecule has 2 fully saturated rings. The highest BCUT2D eigenvalue weighted by Gasteiger charge is 2.40. The second kappa shape index (κ2) is 10.4. The molecule has 2 aromatic carbocycles. The maximum atomic E-state index is 12.4. The van der Waals surface area contributed by atoms with Crippen molar-refractivity contribution in [1.29, 1.82) is 0 Å². The van der Waals surface area contributed by atoms with Gasteiger partial charge in [-0.3, -0.25) is 4.90 Å². The fourth-order valence-corrected chi connectivity index (χ4v) is 4.88. The summed E-state index contributed by atoms with van der Waals surface area (Å²) >= 11 is 0. The molecular formula is C26H31N3O2. The highest BCUT2D eigenvalue weighted by Crippen LogP contribution is 2.36. The van der Waals surface area contributed by atoms with E-state index in [1.54, 1.807) is 0 Å². The number of hydrogen-bond donors (Lipinski definition) is 2. The van der Waals surface area contributed by atoms with Crippen LogP contribution in [-0.2, 0) is 13.0 Å². The summed E-state index contributed by atoms with van der Waals surface area (Å²) in [4.78, 5) is 15.0. The van der Waals surface area contributed by atoms with Gasteiger partial charge in [0.25, 0.3) is 0 Å². The van der Waals surface area contributed by atoms with E-state index in [0.717, 1.165) is 37.1 Å². The molecule has 31 heavy (non-hydrogen) atoms. The minimum Gasteiger partial charge on any atom is -0.481 e. The average molecular weight is 418 g/mol. The average Bonchev–Trinajstić information content (AvgIpc) is 3.01. The summed E-state index contributed by atoms with van der Waals surface area (Å²) in [5.74, 6) is 3.22. The van der Waals surface area contributed by atoms with Crippen LogP contribution in [0.1, 0.15) is 36.8 Å². The lowest BCUT2D eigenvalue weighted by atomic mass is 9.96. The lowest BCUT2D eigenvalue weighted by molar-refractivity contribution is 0.111. The number of carbonyl (C=O) groups excluding carboxylic acids is 1. The highest BCUT2D eigenvalue weighted by atomic mass is 16.5. The van der Waals surface area contributed by atoms with Crippen molar-refractivity contribution in [2.75, 3.05) is 13.2 Å². The van der Waals surface area contributed by atoms with E-state index in [4.69, 9.17) is 11.2 Å². The van der Waals surface area contributed by atoms with Gasteiger partial charge in [-0.15, -0.1) is 6.42 Å². The van der Waals surface area contributed by atoms with E-state index >= 15 is 0 Å². The van der Waals surface area contributed by atoms with Crippen LogP contribution in [0.15, 0.2) is 54.6 Å². The van der Waals surface area contributed by atoms with Gasteiger partial charge in [-0.1, -0.05) is 48.4 Å². The molecule has 2 atom stereocenters. The molecular weight excluding hydrogens is 386 g/mol. The zero-order valence-electron chi connectivity index (χ0n) is 17.9. The number of ether oxygens (including phenoxy) is 1. The first kappa shape index (κ1) is 21.3. The van der Waals surface area contributed by atoms with Crippen LogP contribution in [0.3, 0.4) is 0 Å². The van der Waals surface area contributed by atoms with E-state index in [1.165, 1.54) is 18.4 Å². The van der Waals surface area contributed by atoms with Crippen LogP contribution < -0.4 is 15.4 Å². The Balaban J connectivity index is 1.18. The number of terminal acetylenes is 1. The molecule has 4 rings (SSSR count). The number of hydrogen-bond acceptors (Lipinski definition) is 3. The number of nitrogens with zero attached hydrogens (tertiary/aromatic N) is 1. The zero-order valence-corrected chi connectivity index (χ0v) is 17.9. The van der Waals surface area contributed by atoms with Gasteiger partial charge in [0.2, 0.25) is 0 Å². The van der Waals surface area contributed by atoms with Crippen LogP contribution in [0.5, 0.6) is 5.75 Å². The van der Waals surface area contributed by atoms with Gasteiger partial charge in [0.15, 0.2) is 0 Å². The lowest BCUT2D eigenvalue weighted by Crippen LogP contribution is -2.52. The molecule has 2 heterocycles. The molecule has 5 heteroatoms. The Bertz CT molecular complexity index is 877. The number of benzene rings is 2. The summed E-state index contributed by atoms with van der Waals surface area (Å²) in [6.45, 7) is 1.89. The lowest BCUT2D eigenvalue weighted by Gasteiger charge is -2.39. The Kier molecular flexibility index (Phi) is 7.11. The first-order valence-electron chi connectivity index (χ1n) is 11.2. The number of carbonyl (C=O) groups is 1. The van der Waals surface area contributed by atoms with E-state index in [1.807, 2.05) is 24.3 Å². The quantitative estimate of drug-likeness (QED) is 0.644. The van der Waals surface area contributed by atoms with Crippen LogP contribution >= 0.6 is 0 Å². The molecule has 2 unspecified atom stereocenters. The van der Waals surface area contributed by atoms with Gasteiger partial charge in [0.05, 0.1) is 0 Å². The molecule has 0 saturated carbocycles. The van der Waals surface area contributed by atoms with Crippen LogP contribution in [0.25, 0.3) is 0 Å². The van der Waals surface area contributed by atoms with Crippen molar-refractivity contribution in [1.82, 2.24) is 15.5 Å². The SMILES string of the molecule is C#CCOc1ccc(CCNC(=O)NC2CC3CCC(C2)N3Cc2ccccc2)cc1. The van der Waals surface area contributed by atoms with E-state index in [0.29, 0.717) is 18.6 Å². The van der Waals surface area contributed by atoms with Gasteiger partial charge in [0.1, 0.15) is 12.4 Å². The van der Waals surface area contributed by atoms with Crippen molar-refractivity contribution >= 4 is 6.03 Å². The Hall–Kier alpha value is -2.97. The minimum atomic E-state index is -0.0603. The second-order valence-electron chi connectivity index (χ2n) is 8.50. The summed E-state index contributed by atoms with van der Waals surface area (Å²) in [5, 5.41) is 6.21. The van der Waals surface area contributed by atoms with Crippen LogP contribution in [0.2, 0.25) is 0 Å². The van der Waals surface area contributed by atoms with Gasteiger partial charge in [0, 0.05) is 31.2 Å². The molecule has 162 valence electrons. The van der Waals surface area contributed by atoms with E-state index in [9.17, 15) is 4.79 Å². The van der Waals surface area contributed by atoms with Crippen molar-refractivity contribution in [2.45, 2.75) is 56.8 Å². The van der Waals surface area contributed by atoms with Crippen molar-refractivity contribution < 1.29 is 9.53 Å². The summed E-state index contributed by atoms with van der Waals surface area (Å²) in [7, 11) is 0. The summed E-state index contributed by atoms with van der Waals surface area (Å²) in [6.07, 6.45) is 10.5. The highest BCUT2D eigenvalue weighted by molar-refractivity contribution is 5.74. The number of nitrogens with one attached hydrogen (secondary N) is 2. The molecule has 2 saturated heterocycles. The number of amides is 2. The molecule has 5 nitrogen and oxygen atoms in total. The fraction of sp³-hybridized carbons (Fsp3) is 0.423. The van der Waals surface area contributed by atoms with Crippen LogP contribution in [0.4, 0.5) is 4.79 Å². The van der Waals surface area contributed by atoms with Crippen molar-refractivity contribution in [3.05, 3.63) is 65.7 Å². The molecule has 2 aliphatic rings. The first-order chi connectivity index (χ1) is 15.2. The largest absolute Gasteiger partial charge is 0.481 e. The summed E-state index contributed by atoms with van der Waals surface area (Å²) in [5.41, 5.74) is 2.53. The first-order valence-corrected chi connectivity index (χ1v) is 11.2. The molecule has 0 aliphatic carbocycles. The van der Waals surface area contributed by atoms with Gasteiger partial charge in [-0.05, 0) is 55.4 Å². The maximum Gasteiger partial charge on any atom is 0.315 e. The van der Waals surface area contributed by atoms with Crippen molar-refractivity contribution in [3.8, 4) is 18.1 Å². The Labute approximate surface area is 185 Å². The van der Waals surface area contributed by atoms with Crippen LogP contribution in [-0.4, -0.2) is 42.2 Å². The topological polar surface area (TPSA) is 53.6 Å². The number of rotatable bonds is 8. The molecule has 2 aliphatic heterocycles. The van der Waals surface area contributed by atoms with Crippen molar-refractivity contribution in [2.24, 2.45) is 0 Å². The van der Waals surface area contributed by atoms with Gasteiger partial charge in [-0.2, -0.15) is 0 Å². The van der Waals surface area contributed by atoms with E-state index < -0.39 is 0 Å². The Morgan fingerprint density at radius 2 is 1.74 bits per heavy atom. The second-order valence-corrected chi connectivity index (χ2v) is 8.50. The maximum absolute atomic E-state index is 12.4. The standard InChI is InChI=1S/C26H31N3O2/c1-2-16-31-25-12-8-20(9-13-25)14-15-27-26(30)28-22-17-23-10-11-24(18-22)29(23)19-21-6-4-3-5-7-21/h1,3-9,12-13,22-24H,10-11,14-19H2,(H2,27,28,30).